The predicted octanol–water partition coefficient (Wildman–Crippen LogP) is 2.95. The van der Waals surface area contributed by atoms with Crippen molar-refractivity contribution in [3.8, 4) is 0 Å². The minimum atomic E-state index is -5.02. The molecule has 0 aromatic heterocycles. The van der Waals surface area contributed by atoms with E-state index in [4.69, 9.17) is 14.2 Å². The Balaban J connectivity index is 1.67. The number of hydrogen-bond donors (Lipinski definition) is 1. The number of halogens is 3. The Kier molecular flexibility index (Phi) is 4.01. The number of carbonyl (C=O) groups excluding carboxylic acids is 1. The molecule has 1 heterocycles. The number of carbonyl (C=O) groups is 1. The number of methoxy groups -OCH3 is 1. The zero-order valence-electron chi connectivity index (χ0n) is 15.9. The minimum Gasteiger partial charge on any atom is -0.459 e. The minimum absolute atomic E-state index is 0.141. The molecule has 4 bridgehead atoms. The second kappa shape index (κ2) is 5.70. The van der Waals surface area contributed by atoms with E-state index in [1.165, 1.54) is 24.3 Å². The number of hydrogen-bond acceptors (Lipinski definition) is 5. The Morgan fingerprint density at radius 3 is 2.39 bits per heavy atom. The van der Waals surface area contributed by atoms with Crippen molar-refractivity contribution < 1.29 is 37.3 Å². The first kappa shape index (κ1) is 19.7. The zero-order chi connectivity index (χ0) is 20.6. The molecule has 0 radical (unpaired) electrons. The van der Waals surface area contributed by atoms with Crippen LogP contribution in [0.25, 0.3) is 0 Å². The van der Waals surface area contributed by atoms with E-state index in [0.29, 0.717) is 6.42 Å². The Labute approximate surface area is 160 Å². The molecule has 8 heteroatoms. The molecular formula is C20H23F3O5. The van der Waals surface area contributed by atoms with E-state index in [9.17, 15) is 23.1 Å². The van der Waals surface area contributed by atoms with E-state index in [0.717, 1.165) is 7.11 Å². The predicted molar refractivity (Wildman–Crippen MR) is 91.2 cm³/mol. The van der Waals surface area contributed by atoms with Crippen LogP contribution in [0.15, 0.2) is 30.3 Å². The van der Waals surface area contributed by atoms with Crippen molar-refractivity contribution in [2.75, 3.05) is 13.7 Å². The molecule has 4 fully saturated rings. The molecule has 6 atom stereocenters. The third-order valence-electron chi connectivity index (χ3n) is 7.32. The van der Waals surface area contributed by atoms with Gasteiger partial charge in [0.2, 0.25) is 0 Å². The standard InChI is InChI=1S/C20H23F3O5/c1-16-11-27-17(2)10-14(13(16)9-18(16,17)25)28-15(24)19(26-3,20(21,22)23)12-7-5-4-6-8-12/h4-8,13-14,25H,9-11H2,1-3H3/t13-,14+,16+,17-,18+,19+/m0/s1. The van der Waals surface area contributed by atoms with Gasteiger partial charge < -0.3 is 19.3 Å². The van der Waals surface area contributed by atoms with Gasteiger partial charge >= 0.3 is 12.1 Å². The highest BCUT2D eigenvalue weighted by atomic mass is 19.4. The lowest BCUT2D eigenvalue weighted by Gasteiger charge is -2.65. The van der Waals surface area contributed by atoms with Gasteiger partial charge in [-0.3, -0.25) is 0 Å². The van der Waals surface area contributed by atoms with E-state index in [2.05, 4.69) is 0 Å². The van der Waals surface area contributed by atoms with Gasteiger partial charge in [0.1, 0.15) is 11.7 Å². The number of ether oxygens (including phenoxy) is 3. The van der Waals surface area contributed by atoms with Crippen molar-refractivity contribution in [1.82, 2.24) is 0 Å². The van der Waals surface area contributed by atoms with Gasteiger partial charge in [-0.1, -0.05) is 37.3 Å². The smallest absolute Gasteiger partial charge is 0.432 e. The topological polar surface area (TPSA) is 65.0 Å². The number of esters is 1. The number of rotatable bonds is 4. The molecule has 0 unspecified atom stereocenters. The summed E-state index contributed by atoms with van der Waals surface area (Å²) in [5, 5.41) is 11.0. The van der Waals surface area contributed by atoms with Gasteiger partial charge in [-0.05, 0) is 13.3 Å². The maximum Gasteiger partial charge on any atom is 0.432 e. The molecule has 0 amide bonds. The maximum absolute atomic E-state index is 14.1. The van der Waals surface area contributed by atoms with E-state index < -0.39 is 40.5 Å². The average molecular weight is 400 g/mol. The molecule has 1 saturated heterocycles. The molecule has 1 aromatic rings. The van der Waals surface area contributed by atoms with Gasteiger partial charge in [0.05, 0.1) is 12.2 Å². The monoisotopic (exact) mass is 400 g/mol. The second-order valence-corrected chi connectivity index (χ2v) is 8.50. The molecule has 5 nitrogen and oxygen atoms in total. The van der Waals surface area contributed by atoms with E-state index in [1.54, 1.807) is 13.0 Å². The fourth-order valence-corrected chi connectivity index (χ4v) is 5.45. The van der Waals surface area contributed by atoms with Crippen LogP contribution in [0.2, 0.25) is 0 Å². The Hall–Kier alpha value is -1.64. The third kappa shape index (κ3) is 2.11. The number of alkyl halides is 3. The van der Waals surface area contributed by atoms with E-state index >= 15 is 0 Å². The molecule has 3 saturated carbocycles. The Morgan fingerprint density at radius 2 is 1.86 bits per heavy atom. The van der Waals surface area contributed by atoms with Crippen LogP contribution in [0.5, 0.6) is 0 Å². The summed E-state index contributed by atoms with van der Waals surface area (Å²) in [7, 11) is 0.847. The summed E-state index contributed by atoms with van der Waals surface area (Å²) >= 11 is 0. The summed E-state index contributed by atoms with van der Waals surface area (Å²) in [4.78, 5) is 12.9. The average Bonchev–Trinajstić information content (AvgIpc) is 2.71. The maximum atomic E-state index is 14.1. The lowest BCUT2D eigenvalue weighted by Crippen LogP contribution is -2.76. The molecule has 154 valence electrons. The van der Waals surface area contributed by atoms with Crippen molar-refractivity contribution in [1.29, 1.82) is 0 Å². The van der Waals surface area contributed by atoms with Gasteiger partial charge in [0.25, 0.3) is 5.60 Å². The summed E-state index contributed by atoms with van der Waals surface area (Å²) in [6.45, 7) is 3.84. The molecule has 0 spiro atoms. The van der Waals surface area contributed by atoms with Crippen LogP contribution in [-0.4, -0.2) is 48.3 Å². The van der Waals surface area contributed by atoms with Crippen LogP contribution in [-0.2, 0) is 24.6 Å². The van der Waals surface area contributed by atoms with E-state index in [1.807, 2.05) is 6.92 Å². The van der Waals surface area contributed by atoms with Gasteiger partial charge in [-0.15, -0.1) is 0 Å². The fraction of sp³-hybridized carbons (Fsp3) is 0.650. The van der Waals surface area contributed by atoms with Crippen LogP contribution >= 0.6 is 0 Å². The summed E-state index contributed by atoms with van der Waals surface area (Å²) in [6, 6.07) is 6.75. The molecule has 1 aliphatic heterocycles. The number of aliphatic hydroxyl groups is 1. The summed E-state index contributed by atoms with van der Waals surface area (Å²) < 4.78 is 58.2. The van der Waals surface area contributed by atoms with Gasteiger partial charge in [-0.2, -0.15) is 13.2 Å². The molecule has 3 aliphatic carbocycles. The molecule has 4 aliphatic rings. The number of fused-ring (bicyclic) bond motifs is 1. The van der Waals surface area contributed by atoms with Crippen LogP contribution in [0.4, 0.5) is 13.2 Å². The van der Waals surface area contributed by atoms with Crippen molar-refractivity contribution in [2.45, 2.75) is 55.8 Å². The lowest BCUT2D eigenvalue weighted by atomic mass is 9.41. The number of benzene rings is 1. The summed E-state index contributed by atoms with van der Waals surface area (Å²) in [6.07, 6.45) is -5.34. The van der Waals surface area contributed by atoms with Gasteiger partial charge in [0.15, 0.2) is 0 Å². The van der Waals surface area contributed by atoms with Crippen LogP contribution in [0.1, 0.15) is 32.3 Å². The van der Waals surface area contributed by atoms with Crippen molar-refractivity contribution >= 4 is 5.97 Å². The SMILES string of the molecule is CO[C@@](C(=O)O[C@@H]1C[C@]2(C)OC[C@]3(C)[C@H]1C[C@]23O)(c1ccccc1)C(F)(F)F. The Morgan fingerprint density at radius 1 is 1.21 bits per heavy atom. The molecule has 28 heavy (non-hydrogen) atoms. The molecule has 1 N–H and O–H groups in total. The van der Waals surface area contributed by atoms with Crippen LogP contribution in [0.3, 0.4) is 0 Å². The first-order valence-corrected chi connectivity index (χ1v) is 9.20. The first-order valence-electron chi connectivity index (χ1n) is 9.20. The second-order valence-electron chi connectivity index (χ2n) is 8.50. The Bertz CT molecular complexity index is 787. The van der Waals surface area contributed by atoms with E-state index in [-0.39, 0.29) is 24.5 Å². The molecular weight excluding hydrogens is 377 g/mol. The van der Waals surface area contributed by atoms with Gasteiger partial charge in [0, 0.05) is 30.4 Å². The summed E-state index contributed by atoms with van der Waals surface area (Å²) in [5.74, 6) is -1.77. The van der Waals surface area contributed by atoms with Crippen molar-refractivity contribution in [3.63, 3.8) is 0 Å². The van der Waals surface area contributed by atoms with Crippen LogP contribution in [0, 0.1) is 11.3 Å². The largest absolute Gasteiger partial charge is 0.459 e. The quantitative estimate of drug-likeness (QED) is 0.788. The highest BCUT2D eigenvalue weighted by Gasteiger charge is 2.80. The molecule has 5 rings (SSSR count). The fourth-order valence-electron chi connectivity index (χ4n) is 5.45. The van der Waals surface area contributed by atoms with Crippen LogP contribution < -0.4 is 0 Å². The third-order valence-corrected chi connectivity index (χ3v) is 7.32. The zero-order valence-corrected chi connectivity index (χ0v) is 15.9. The van der Waals surface area contributed by atoms with Gasteiger partial charge in [-0.25, -0.2) is 4.79 Å². The lowest BCUT2D eigenvalue weighted by molar-refractivity contribution is -0.302. The normalized spacial score (nSPS) is 41.1. The highest BCUT2D eigenvalue weighted by molar-refractivity contribution is 5.83. The summed E-state index contributed by atoms with van der Waals surface area (Å²) in [5.41, 5.74) is -6.20. The van der Waals surface area contributed by atoms with Crippen molar-refractivity contribution in [3.05, 3.63) is 35.9 Å². The first-order chi connectivity index (χ1) is 13.0. The highest BCUT2D eigenvalue weighted by Crippen LogP contribution is 2.71. The van der Waals surface area contributed by atoms with Crippen molar-refractivity contribution in [2.24, 2.45) is 11.3 Å². The molecule has 1 aromatic carbocycles.